The maximum Gasteiger partial charge on any atom is 0.347 e. The third kappa shape index (κ3) is 3.40. The molecule has 0 spiro atoms. The zero-order chi connectivity index (χ0) is 18.0. The number of aromatic nitrogens is 1. The number of nitrogens with one attached hydrogen (secondary N) is 1. The molecule has 1 heterocycles. The van der Waals surface area contributed by atoms with Gasteiger partial charge in [0.05, 0.1) is 16.7 Å². The van der Waals surface area contributed by atoms with Crippen molar-refractivity contribution in [1.82, 2.24) is 10.3 Å². The Hall–Kier alpha value is -2.81. The van der Waals surface area contributed by atoms with Crippen LogP contribution in [0, 0.1) is 24.0 Å². The molecule has 2 N–H and O–H groups in total. The Morgan fingerprint density at radius 1 is 1.38 bits per heavy atom. The van der Waals surface area contributed by atoms with Gasteiger partial charge in [0.1, 0.15) is 15.4 Å². The van der Waals surface area contributed by atoms with Crippen molar-refractivity contribution in [3.05, 3.63) is 55.0 Å². The molecule has 0 radical (unpaired) electrons. The molecule has 0 saturated carbocycles. The molecule has 0 saturated heterocycles. The van der Waals surface area contributed by atoms with Gasteiger partial charge < -0.3 is 10.4 Å². The van der Waals surface area contributed by atoms with Crippen LogP contribution in [0.25, 0.3) is 0 Å². The highest BCUT2D eigenvalue weighted by atomic mass is 32.1. The van der Waals surface area contributed by atoms with E-state index in [-0.39, 0.29) is 16.1 Å². The van der Waals surface area contributed by atoms with Crippen LogP contribution < -0.4 is 5.32 Å². The van der Waals surface area contributed by atoms with Crippen molar-refractivity contribution in [2.24, 2.45) is 0 Å². The number of rotatable bonds is 5. The second kappa shape index (κ2) is 6.75. The molecule has 1 aromatic carbocycles. The number of carboxylic acid groups (broad SMARTS) is 1. The van der Waals surface area contributed by atoms with E-state index in [1.54, 1.807) is 32.9 Å². The molecule has 2 aromatic rings. The molecule has 9 heteroatoms. The number of hydrogen-bond donors (Lipinski definition) is 2. The summed E-state index contributed by atoms with van der Waals surface area (Å²) in [6.07, 6.45) is 0. The van der Waals surface area contributed by atoms with Gasteiger partial charge >= 0.3 is 5.97 Å². The quantitative estimate of drug-likeness (QED) is 0.632. The van der Waals surface area contributed by atoms with Gasteiger partial charge in [0, 0.05) is 5.56 Å². The molecule has 0 aliphatic rings. The highest BCUT2D eigenvalue weighted by Gasteiger charge is 2.25. The molecule has 0 bridgehead atoms. The highest BCUT2D eigenvalue weighted by molar-refractivity contribution is 7.13. The van der Waals surface area contributed by atoms with E-state index in [4.69, 9.17) is 5.11 Å². The number of amides is 1. The van der Waals surface area contributed by atoms with Crippen molar-refractivity contribution in [3.63, 3.8) is 0 Å². The number of nitro benzene ring substituents is 1. The summed E-state index contributed by atoms with van der Waals surface area (Å²) in [5.74, 6) is -1.69. The second-order valence-electron chi connectivity index (χ2n) is 5.20. The van der Waals surface area contributed by atoms with Crippen LogP contribution in [-0.2, 0) is 0 Å². The summed E-state index contributed by atoms with van der Waals surface area (Å²) >= 11 is 0.967. The van der Waals surface area contributed by atoms with Crippen molar-refractivity contribution in [2.75, 3.05) is 0 Å². The van der Waals surface area contributed by atoms with E-state index in [0.717, 1.165) is 11.3 Å². The number of carboxylic acids is 1. The fraction of sp³-hybridized carbons (Fsp3) is 0.267. The fourth-order valence-electron chi connectivity index (χ4n) is 2.22. The molecular weight excluding hydrogens is 334 g/mol. The van der Waals surface area contributed by atoms with Crippen molar-refractivity contribution in [2.45, 2.75) is 26.8 Å². The van der Waals surface area contributed by atoms with Crippen LogP contribution in [0.2, 0.25) is 0 Å². The first-order valence-corrected chi connectivity index (χ1v) is 7.79. The van der Waals surface area contributed by atoms with Crippen molar-refractivity contribution < 1.29 is 19.6 Å². The first kappa shape index (κ1) is 17.5. The Morgan fingerprint density at radius 3 is 2.58 bits per heavy atom. The van der Waals surface area contributed by atoms with E-state index in [0.29, 0.717) is 16.3 Å². The lowest BCUT2D eigenvalue weighted by atomic mass is 10.1. The number of aromatic carboxylic acids is 1. The van der Waals surface area contributed by atoms with Gasteiger partial charge in [-0.15, -0.1) is 11.3 Å². The number of thiazole rings is 1. The van der Waals surface area contributed by atoms with Crippen LogP contribution in [0.4, 0.5) is 5.69 Å². The Labute approximate surface area is 141 Å². The van der Waals surface area contributed by atoms with Crippen LogP contribution in [0.1, 0.15) is 49.3 Å². The summed E-state index contributed by atoms with van der Waals surface area (Å²) in [6.45, 7) is 4.77. The minimum Gasteiger partial charge on any atom is -0.477 e. The van der Waals surface area contributed by atoms with Gasteiger partial charge in [-0.05, 0) is 26.8 Å². The Balaban J connectivity index is 2.27. The monoisotopic (exact) mass is 349 g/mol. The second-order valence-corrected chi connectivity index (χ2v) is 6.23. The Bertz CT molecular complexity index is 831. The lowest BCUT2D eigenvalue weighted by molar-refractivity contribution is -0.385. The standard InChI is InChI=1S/C15H15N3O5S/c1-7-5-4-6-10(11(7)18(22)23)13(19)16-9(3)14-17-8(2)12(24-14)15(20)21/h4-6,9H,1-3H3,(H,16,19)(H,20,21). The molecule has 1 amide bonds. The van der Waals surface area contributed by atoms with E-state index in [9.17, 15) is 19.7 Å². The van der Waals surface area contributed by atoms with Crippen molar-refractivity contribution >= 4 is 28.9 Å². The zero-order valence-electron chi connectivity index (χ0n) is 13.2. The smallest absolute Gasteiger partial charge is 0.347 e. The average molecular weight is 349 g/mol. The predicted octanol–water partition coefficient (Wildman–Crippen LogP) is 2.86. The SMILES string of the molecule is Cc1cccc(C(=O)NC(C)c2nc(C)c(C(=O)O)s2)c1[N+](=O)[O-]. The van der Waals surface area contributed by atoms with E-state index >= 15 is 0 Å². The Morgan fingerprint density at radius 2 is 2.04 bits per heavy atom. The number of nitrogens with zero attached hydrogens (tertiary/aromatic N) is 2. The van der Waals surface area contributed by atoms with Gasteiger partial charge in [-0.2, -0.15) is 0 Å². The van der Waals surface area contributed by atoms with Gasteiger partial charge in [-0.25, -0.2) is 9.78 Å². The average Bonchev–Trinajstić information content (AvgIpc) is 2.88. The molecule has 0 aliphatic carbocycles. The first-order chi connectivity index (χ1) is 11.2. The van der Waals surface area contributed by atoms with Crippen molar-refractivity contribution in [3.8, 4) is 0 Å². The minimum atomic E-state index is -1.08. The van der Waals surface area contributed by atoms with E-state index in [1.165, 1.54) is 6.07 Å². The lowest BCUT2D eigenvalue weighted by Gasteiger charge is -2.12. The van der Waals surface area contributed by atoms with Gasteiger partial charge in [0.15, 0.2) is 0 Å². The third-order valence-electron chi connectivity index (χ3n) is 3.39. The zero-order valence-corrected chi connectivity index (χ0v) is 14.0. The summed E-state index contributed by atoms with van der Waals surface area (Å²) in [6, 6.07) is 3.93. The number of hydrogen-bond acceptors (Lipinski definition) is 6. The molecule has 1 unspecified atom stereocenters. The number of nitro groups is 1. The third-order valence-corrected chi connectivity index (χ3v) is 4.72. The van der Waals surface area contributed by atoms with Crippen LogP contribution in [0.15, 0.2) is 18.2 Å². The topological polar surface area (TPSA) is 122 Å². The highest BCUT2D eigenvalue weighted by Crippen LogP contribution is 2.26. The van der Waals surface area contributed by atoms with Gasteiger partial charge in [-0.3, -0.25) is 14.9 Å². The molecular formula is C15H15N3O5S. The lowest BCUT2D eigenvalue weighted by Crippen LogP contribution is -2.27. The van der Waals surface area contributed by atoms with Crippen molar-refractivity contribution in [1.29, 1.82) is 0 Å². The normalized spacial score (nSPS) is 11.8. The van der Waals surface area contributed by atoms with Crippen LogP contribution in [0.5, 0.6) is 0 Å². The number of aryl methyl sites for hydroxylation is 2. The minimum absolute atomic E-state index is 0.0430. The molecule has 24 heavy (non-hydrogen) atoms. The van der Waals surface area contributed by atoms with E-state index < -0.39 is 22.8 Å². The summed E-state index contributed by atoms with van der Waals surface area (Å²) in [7, 11) is 0. The fourth-order valence-corrected chi connectivity index (χ4v) is 3.13. The molecule has 126 valence electrons. The van der Waals surface area contributed by atoms with Gasteiger partial charge in [0.25, 0.3) is 11.6 Å². The van der Waals surface area contributed by atoms with Gasteiger partial charge in [0.2, 0.25) is 0 Å². The molecule has 8 nitrogen and oxygen atoms in total. The number of para-hydroxylation sites is 1. The molecule has 2 rings (SSSR count). The van der Waals surface area contributed by atoms with Crippen LogP contribution >= 0.6 is 11.3 Å². The summed E-state index contributed by atoms with van der Waals surface area (Å²) in [4.78, 5) is 38.3. The number of benzene rings is 1. The maximum absolute atomic E-state index is 12.4. The summed E-state index contributed by atoms with van der Waals surface area (Å²) < 4.78 is 0. The largest absolute Gasteiger partial charge is 0.477 e. The van der Waals surface area contributed by atoms with Crippen LogP contribution in [0.3, 0.4) is 0 Å². The Kier molecular flexibility index (Phi) is 4.93. The van der Waals surface area contributed by atoms with Crippen LogP contribution in [-0.4, -0.2) is 26.9 Å². The number of carbonyl (C=O) groups excluding carboxylic acids is 1. The molecule has 0 aliphatic heterocycles. The van der Waals surface area contributed by atoms with E-state index in [2.05, 4.69) is 10.3 Å². The molecule has 0 fully saturated rings. The molecule has 1 atom stereocenters. The van der Waals surface area contributed by atoms with E-state index in [1.807, 2.05) is 0 Å². The predicted molar refractivity (Wildman–Crippen MR) is 87.5 cm³/mol. The summed E-state index contributed by atoms with van der Waals surface area (Å²) in [5.41, 5.74) is 0.464. The molecule has 1 aromatic heterocycles. The summed E-state index contributed by atoms with van der Waals surface area (Å²) in [5, 5.41) is 23.3. The maximum atomic E-state index is 12.4. The first-order valence-electron chi connectivity index (χ1n) is 6.97. The van der Waals surface area contributed by atoms with Gasteiger partial charge in [-0.1, -0.05) is 12.1 Å². The number of carbonyl (C=O) groups is 2.